The first kappa shape index (κ1) is 14.6. The summed E-state index contributed by atoms with van der Waals surface area (Å²) in [5, 5.41) is 0. The summed E-state index contributed by atoms with van der Waals surface area (Å²) in [6.07, 6.45) is -4.41. The van der Waals surface area contributed by atoms with E-state index in [9.17, 15) is 18.0 Å². The Kier molecular flexibility index (Phi) is 4.78. The van der Waals surface area contributed by atoms with Gasteiger partial charge < -0.3 is 4.74 Å². The van der Waals surface area contributed by atoms with Crippen molar-refractivity contribution in [1.82, 2.24) is 0 Å². The van der Waals surface area contributed by atoms with Gasteiger partial charge in [-0.15, -0.1) is 0 Å². The van der Waals surface area contributed by atoms with Gasteiger partial charge in [0.25, 0.3) is 0 Å². The summed E-state index contributed by atoms with van der Waals surface area (Å²) in [5.74, 6) is -0.674. The highest BCUT2D eigenvalue weighted by Gasteiger charge is 2.30. The number of alkyl halides is 3. The van der Waals surface area contributed by atoms with Crippen molar-refractivity contribution in [2.45, 2.75) is 13.1 Å². The number of carbonyl (C=O) groups is 1. The molecule has 0 aliphatic rings. The molecular formula is C12H10ClF3O2. The molecule has 0 aromatic heterocycles. The highest BCUT2D eigenvalue weighted by molar-refractivity contribution is 6.34. The van der Waals surface area contributed by atoms with Gasteiger partial charge in [0.2, 0.25) is 0 Å². The molecule has 1 rings (SSSR count). The number of rotatable bonds is 3. The maximum absolute atomic E-state index is 12.3. The quantitative estimate of drug-likeness (QED) is 0.620. The maximum Gasteiger partial charge on any atom is 0.416 e. The topological polar surface area (TPSA) is 26.3 Å². The lowest BCUT2D eigenvalue weighted by atomic mass is 10.1. The second kappa shape index (κ2) is 5.91. The Morgan fingerprint density at radius 3 is 2.28 bits per heavy atom. The largest absolute Gasteiger partial charge is 0.462 e. The van der Waals surface area contributed by atoms with E-state index in [4.69, 9.17) is 16.3 Å². The predicted octanol–water partition coefficient (Wildman–Crippen LogP) is 3.85. The lowest BCUT2D eigenvalue weighted by Gasteiger charge is -2.09. The molecule has 18 heavy (non-hydrogen) atoms. The normalized spacial score (nSPS) is 12.4. The molecule has 0 aliphatic heterocycles. The number of benzene rings is 1. The minimum atomic E-state index is -4.41. The van der Waals surface area contributed by atoms with Crippen LogP contribution >= 0.6 is 11.6 Å². The Labute approximate surface area is 107 Å². The van der Waals surface area contributed by atoms with Crippen LogP contribution < -0.4 is 0 Å². The molecule has 6 heteroatoms. The van der Waals surface area contributed by atoms with Crippen LogP contribution in [0.4, 0.5) is 13.2 Å². The lowest BCUT2D eigenvalue weighted by molar-refractivity contribution is -0.137. The van der Waals surface area contributed by atoms with Crippen LogP contribution in [0, 0.1) is 0 Å². The number of esters is 1. The monoisotopic (exact) mass is 278 g/mol. The van der Waals surface area contributed by atoms with Crippen molar-refractivity contribution >= 4 is 23.1 Å². The summed E-state index contributed by atoms with van der Waals surface area (Å²) in [5.41, 5.74) is 0.494. The Bertz CT molecular complexity index is 449. The van der Waals surface area contributed by atoms with Gasteiger partial charge in [0.15, 0.2) is 0 Å². The van der Waals surface area contributed by atoms with Gasteiger partial charge in [-0.05, 0) is 24.6 Å². The fourth-order valence-corrected chi connectivity index (χ4v) is 1.49. The van der Waals surface area contributed by atoms with E-state index in [0.717, 1.165) is 17.7 Å². The Balaban J connectivity index is 3.00. The molecule has 0 heterocycles. The second-order valence-electron chi connectivity index (χ2n) is 3.32. The Hall–Kier alpha value is -1.49. The van der Waals surface area contributed by atoms with E-state index in [1.165, 1.54) is 12.1 Å². The zero-order valence-electron chi connectivity index (χ0n) is 9.42. The molecule has 1 aromatic rings. The molecule has 1 aromatic carbocycles. The van der Waals surface area contributed by atoms with Gasteiger partial charge in [-0.2, -0.15) is 13.2 Å². The predicted molar refractivity (Wildman–Crippen MR) is 61.9 cm³/mol. The first-order valence-electron chi connectivity index (χ1n) is 5.05. The average molecular weight is 279 g/mol. The van der Waals surface area contributed by atoms with E-state index < -0.39 is 17.7 Å². The van der Waals surface area contributed by atoms with Gasteiger partial charge in [0, 0.05) is 5.54 Å². The summed E-state index contributed by atoms with van der Waals surface area (Å²) < 4.78 is 41.8. The lowest BCUT2D eigenvalue weighted by Crippen LogP contribution is -2.08. The average Bonchev–Trinajstić information content (AvgIpc) is 2.30. The summed E-state index contributed by atoms with van der Waals surface area (Å²) in [6, 6.07) is 4.12. The zero-order valence-corrected chi connectivity index (χ0v) is 10.2. The van der Waals surface area contributed by atoms with Crippen LogP contribution in [-0.4, -0.2) is 12.6 Å². The van der Waals surface area contributed by atoms with Crippen molar-refractivity contribution in [3.63, 3.8) is 0 Å². The number of halogens is 4. The van der Waals surface area contributed by atoms with Crippen molar-refractivity contribution < 1.29 is 22.7 Å². The molecule has 2 nitrogen and oxygen atoms in total. The van der Waals surface area contributed by atoms with Gasteiger partial charge >= 0.3 is 12.1 Å². The van der Waals surface area contributed by atoms with E-state index in [1.807, 2.05) is 0 Å². The molecule has 0 unspecified atom stereocenters. The fourth-order valence-electron chi connectivity index (χ4n) is 1.27. The SMILES string of the molecule is CCOC(=O)C(=CCl)c1ccc(C(F)(F)F)cc1. The third-order valence-corrected chi connectivity index (χ3v) is 2.35. The third kappa shape index (κ3) is 3.50. The number of hydrogen-bond acceptors (Lipinski definition) is 2. The maximum atomic E-state index is 12.3. The molecule has 0 N–H and O–H groups in total. The highest BCUT2D eigenvalue weighted by atomic mass is 35.5. The van der Waals surface area contributed by atoms with Crippen LogP contribution in [0.3, 0.4) is 0 Å². The van der Waals surface area contributed by atoms with Crippen LogP contribution in [0.5, 0.6) is 0 Å². The van der Waals surface area contributed by atoms with Crippen LogP contribution in [0.15, 0.2) is 29.8 Å². The molecule has 0 fully saturated rings. The summed E-state index contributed by atoms with van der Waals surface area (Å²) in [4.78, 5) is 11.5. The van der Waals surface area contributed by atoms with Crippen LogP contribution in [0.25, 0.3) is 5.57 Å². The van der Waals surface area contributed by atoms with Gasteiger partial charge in [0.05, 0.1) is 17.7 Å². The molecule has 0 saturated heterocycles. The third-order valence-electron chi connectivity index (χ3n) is 2.13. The smallest absolute Gasteiger partial charge is 0.416 e. The molecule has 0 amide bonds. The van der Waals surface area contributed by atoms with Crippen molar-refractivity contribution in [3.05, 3.63) is 40.9 Å². The first-order valence-corrected chi connectivity index (χ1v) is 5.49. The standard InChI is InChI=1S/C12H10ClF3O2/c1-2-18-11(17)10(7-13)8-3-5-9(6-4-8)12(14,15)16/h3-7H,2H2,1H3. The molecule has 0 atom stereocenters. The highest BCUT2D eigenvalue weighted by Crippen LogP contribution is 2.30. The number of hydrogen-bond donors (Lipinski definition) is 0. The van der Waals surface area contributed by atoms with Crippen LogP contribution in [0.2, 0.25) is 0 Å². The van der Waals surface area contributed by atoms with Crippen LogP contribution in [0.1, 0.15) is 18.1 Å². The zero-order chi connectivity index (χ0) is 13.8. The van der Waals surface area contributed by atoms with Crippen molar-refractivity contribution in [3.8, 4) is 0 Å². The molecular weight excluding hydrogens is 269 g/mol. The minimum absolute atomic E-state index is 0.0206. The molecule has 0 radical (unpaired) electrons. The summed E-state index contributed by atoms with van der Waals surface area (Å²) in [7, 11) is 0. The second-order valence-corrected chi connectivity index (χ2v) is 3.54. The van der Waals surface area contributed by atoms with E-state index in [2.05, 4.69) is 0 Å². The number of carbonyl (C=O) groups excluding carboxylic acids is 1. The van der Waals surface area contributed by atoms with Crippen molar-refractivity contribution in [2.24, 2.45) is 0 Å². The minimum Gasteiger partial charge on any atom is -0.462 e. The molecule has 0 spiro atoms. The molecule has 0 aliphatic carbocycles. The van der Waals surface area contributed by atoms with E-state index >= 15 is 0 Å². The first-order chi connectivity index (χ1) is 8.40. The van der Waals surface area contributed by atoms with Crippen molar-refractivity contribution in [1.29, 1.82) is 0 Å². The Morgan fingerprint density at radius 2 is 1.89 bits per heavy atom. The summed E-state index contributed by atoms with van der Waals surface area (Å²) >= 11 is 5.48. The molecule has 0 saturated carbocycles. The molecule has 0 bridgehead atoms. The Morgan fingerprint density at radius 1 is 1.33 bits per heavy atom. The van der Waals surface area contributed by atoms with Gasteiger partial charge in [-0.25, -0.2) is 4.79 Å². The van der Waals surface area contributed by atoms with E-state index in [1.54, 1.807) is 6.92 Å². The van der Waals surface area contributed by atoms with Gasteiger partial charge in [-0.3, -0.25) is 0 Å². The van der Waals surface area contributed by atoms with E-state index in [-0.39, 0.29) is 17.7 Å². The summed E-state index contributed by atoms with van der Waals surface area (Å²) in [6.45, 7) is 1.78. The fraction of sp³-hybridized carbons (Fsp3) is 0.250. The van der Waals surface area contributed by atoms with Crippen molar-refractivity contribution in [2.75, 3.05) is 6.61 Å². The van der Waals surface area contributed by atoms with Crippen LogP contribution in [-0.2, 0) is 15.7 Å². The number of ether oxygens (including phenoxy) is 1. The van der Waals surface area contributed by atoms with E-state index in [0.29, 0.717) is 0 Å². The molecule has 98 valence electrons. The van der Waals surface area contributed by atoms with Gasteiger partial charge in [-0.1, -0.05) is 23.7 Å². The van der Waals surface area contributed by atoms with Gasteiger partial charge in [0.1, 0.15) is 0 Å².